The molecule has 1 aliphatic carbocycles. The molecular formula is C16H23NO3S. The lowest BCUT2D eigenvalue weighted by molar-refractivity contribution is 0.342. The summed E-state index contributed by atoms with van der Waals surface area (Å²) in [6, 6.07) is 7.94. The monoisotopic (exact) mass is 309 g/mol. The summed E-state index contributed by atoms with van der Waals surface area (Å²) in [6.45, 7) is 0.876. The minimum Gasteiger partial charge on any atom is -0.508 e. The first-order valence-corrected chi connectivity index (χ1v) is 9.56. The van der Waals surface area contributed by atoms with E-state index in [1.165, 1.54) is 12.8 Å². The third-order valence-corrected chi connectivity index (χ3v) is 6.38. The van der Waals surface area contributed by atoms with Gasteiger partial charge in [-0.2, -0.15) is 0 Å². The Morgan fingerprint density at radius 1 is 1.29 bits per heavy atom. The van der Waals surface area contributed by atoms with Crippen molar-refractivity contribution in [2.75, 3.05) is 18.1 Å². The zero-order valence-corrected chi connectivity index (χ0v) is 13.0. The van der Waals surface area contributed by atoms with E-state index in [9.17, 15) is 13.5 Å². The van der Waals surface area contributed by atoms with Gasteiger partial charge in [-0.25, -0.2) is 8.42 Å². The minimum absolute atomic E-state index is 0.239. The number of hydrogen-bond acceptors (Lipinski definition) is 4. The number of aromatic hydroxyl groups is 1. The summed E-state index contributed by atoms with van der Waals surface area (Å²) >= 11 is 0. The Bertz CT molecular complexity index is 595. The molecule has 0 amide bonds. The van der Waals surface area contributed by atoms with Gasteiger partial charge in [-0.3, -0.25) is 0 Å². The van der Waals surface area contributed by atoms with Crippen LogP contribution in [0.1, 0.15) is 24.8 Å². The highest BCUT2D eigenvalue weighted by Crippen LogP contribution is 2.30. The summed E-state index contributed by atoms with van der Waals surface area (Å²) in [5, 5.41) is 13.1. The molecule has 2 aliphatic rings. The summed E-state index contributed by atoms with van der Waals surface area (Å²) in [7, 11) is -2.84. The van der Waals surface area contributed by atoms with E-state index in [1.54, 1.807) is 12.1 Å². The third kappa shape index (κ3) is 4.20. The van der Waals surface area contributed by atoms with Crippen molar-refractivity contribution in [3.8, 4) is 5.75 Å². The first kappa shape index (κ1) is 14.9. The Labute approximate surface area is 126 Å². The number of phenols is 1. The van der Waals surface area contributed by atoms with Gasteiger partial charge in [0.05, 0.1) is 11.5 Å². The molecule has 2 N–H and O–H groups in total. The van der Waals surface area contributed by atoms with Gasteiger partial charge >= 0.3 is 0 Å². The summed E-state index contributed by atoms with van der Waals surface area (Å²) in [4.78, 5) is 0. The van der Waals surface area contributed by atoms with Crippen LogP contribution >= 0.6 is 0 Å². The number of hydrogen-bond donors (Lipinski definition) is 2. The lowest BCUT2D eigenvalue weighted by atomic mass is 9.86. The molecule has 0 spiro atoms. The maximum atomic E-state index is 11.7. The van der Waals surface area contributed by atoms with Crippen LogP contribution in [0.15, 0.2) is 24.3 Å². The van der Waals surface area contributed by atoms with Gasteiger partial charge in [-0.15, -0.1) is 0 Å². The van der Waals surface area contributed by atoms with Gasteiger partial charge in [0.2, 0.25) is 0 Å². The fraction of sp³-hybridized carbons (Fsp3) is 0.625. The van der Waals surface area contributed by atoms with E-state index in [1.807, 2.05) is 12.1 Å². The van der Waals surface area contributed by atoms with Gasteiger partial charge in [-0.1, -0.05) is 12.1 Å². The van der Waals surface area contributed by atoms with Gasteiger partial charge in [0.15, 0.2) is 9.84 Å². The quantitative estimate of drug-likeness (QED) is 0.840. The second-order valence-electron chi connectivity index (χ2n) is 6.48. The second-order valence-corrected chi connectivity index (χ2v) is 8.71. The zero-order chi connectivity index (χ0) is 14.9. The molecule has 3 rings (SSSR count). The lowest BCUT2D eigenvalue weighted by Crippen LogP contribution is -2.31. The van der Waals surface area contributed by atoms with Crippen molar-refractivity contribution in [1.82, 2.24) is 5.32 Å². The van der Waals surface area contributed by atoms with Gasteiger partial charge in [0.1, 0.15) is 5.75 Å². The van der Waals surface area contributed by atoms with E-state index < -0.39 is 9.84 Å². The molecule has 1 aromatic carbocycles. The van der Waals surface area contributed by atoms with Crippen LogP contribution in [0.2, 0.25) is 0 Å². The highest BCUT2D eigenvalue weighted by atomic mass is 32.2. The SMILES string of the molecule is O=S1(=O)CCC(C(CNC2CC2)Cc2cccc(O)c2)C1. The average molecular weight is 309 g/mol. The summed E-state index contributed by atoms with van der Waals surface area (Å²) in [5.74, 6) is 1.49. The first-order chi connectivity index (χ1) is 10.0. The predicted molar refractivity (Wildman–Crippen MR) is 83.1 cm³/mol. The van der Waals surface area contributed by atoms with Crippen LogP contribution in [0.5, 0.6) is 5.75 Å². The molecule has 1 aromatic rings. The zero-order valence-electron chi connectivity index (χ0n) is 12.2. The standard InChI is InChI=1S/C16H23NO3S/c18-16-3-1-2-12(9-16)8-14(10-17-15-4-5-15)13-6-7-21(19,20)11-13/h1-3,9,13-15,17-18H,4-8,10-11H2. The fourth-order valence-electron chi connectivity index (χ4n) is 3.19. The highest BCUT2D eigenvalue weighted by Gasteiger charge is 2.34. The number of nitrogens with one attached hydrogen (secondary N) is 1. The molecule has 1 saturated carbocycles. The molecule has 4 nitrogen and oxygen atoms in total. The molecule has 0 bridgehead atoms. The largest absolute Gasteiger partial charge is 0.508 e. The first-order valence-electron chi connectivity index (χ1n) is 7.73. The second kappa shape index (κ2) is 5.97. The molecular weight excluding hydrogens is 286 g/mol. The molecule has 0 radical (unpaired) electrons. The number of rotatable bonds is 6. The summed E-state index contributed by atoms with van der Waals surface area (Å²) < 4.78 is 23.5. The Morgan fingerprint density at radius 3 is 2.71 bits per heavy atom. The normalized spacial score (nSPS) is 25.8. The molecule has 2 atom stereocenters. The lowest BCUT2D eigenvalue weighted by Gasteiger charge is -2.23. The van der Waals surface area contributed by atoms with Crippen LogP contribution < -0.4 is 5.32 Å². The Balaban J connectivity index is 1.68. The number of phenolic OH excluding ortho intramolecular Hbond substituents is 1. The smallest absolute Gasteiger partial charge is 0.150 e. The maximum absolute atomic E-state index is 11.7. The van der Waals surface area contributed by atoms with Crippen LogP contribution in [0.3, 0.4) is 0 Å². The van der Waals surface area contributed by atoms with E-state index in [0.29, 0.717) is 23.5 Å². The average Bonchev–Trinajstić information content (AvgIpc) is 3.17. The van der Waals surface area contributed by atoms with Crippen molar-refractivity contribution in [2.24, 2.45) is 11.8 Å². The van der Waals surface area contributed by atoms with E-state index >= 15 is 0 Å². The molecule has 1 saturated heterocycles. The van der Waals surface area contributed by atoms with Gasteiger partial charge < -0.3 is 10.4 Å². The number of benzene rings is 1. The van der Waals surface area contributed by atoms with Gasteiger partial charge in [0.25, 0.3) is 0 Å². The summed E-state index contributed by atoms with van der Waals surface area (Å²) in [5.41, 5.74) is 1.09. The Morgan fingerprint density at radius 2 is 2.10 bits per heavy atom. The molecule has 1 aliphatic heterocycles. The van der Waals surface area contributed by atoms with E-state index in [0.717, 1.165) is 24.9 Å². The number of sulfone groups is 1. The van der Waals surface area contributed by atoms with Gasteiger partial charge in [-0.05, 0) is 61.8 Å². The molecule has 2 unspecified atom stereocenters. The van der Waals surface area contributed by atoms with Gasteiger partial charge in [0, 0.05) is 6.04 Å². The topological polar surface area (TPSA) is 66.4 Å². The summed E-state index contributed by atoms with van der Waals surface area (Å²) in [6.07, 6.45) is 4.08. The van der Waals surface area contributed by atoms with Crippen molar-refractivity contribution in [2.45, 2.75) is 31.7 Å². The van der Waals surface area contributed by atoms with Crippen LogP contribution in [-0.2, 0) is 16.3 Å². The molecule has 5 heteroatoms. The maximum Gasteiger partial charge on any atom is 0.150 e. The van der Waals surface area contributed by atoms with E-state index in [2.05, 4.69) is 5.32 Å². The molecule has 116 valence electrons. The van der Waals surface area contributed by atoms with Crippen molar-refractivity contribution >= 4 is 9.84 Å². The molecule has 0 aromatic heterocycles. The Kier molecular flexibility index (Phi) is 4.22. The molecule has 1 heterocycles. The fourth-order valence-corrected chi connectivity index (χ4v) is 5.11. The van der Waals surface area contributed by atoms with Crippen LogP contribution in [0, 0.1) is 11.8 Å². The van der Waals surface area contributed by atoms with Crippen LogP contribution in [-0.4, -0.2) is 37.6 Å². The van der Waals surface area contributed by atoms with Crippen molar-refractivity contribution in [3.63, 3.8) is 0 Å². The van der Waals surface area contributed by atoms with E-state index in [4.69, 9.17) is 0 Å². The van der Waals surface area contributed by atoms with Crippen LogP contribution in [0.4, 0.5) is 0 Å². The minimum atomic E-state index is -2.84. The third-order valence-electron chi connectivity index (χ3n) is 4.59. The molecule has 2 fully saturated rings. The Hall–Kier alpha value is -1.07. The highest BCUT2D eigenvalue weighted by molar-refractivity contribution is 7.91. The van der Waals surface area contributed by atoms with Crippen molar-refractivity contribution < 1.29 is 13.5 Å². The van der Waals surface area contributed by atoms with E-state index in [-0.39, 0.29) is 11.7 Å². The van der Waals surface area contributed by atoms with Crippen LogP contribution in [0.25, 0.3) is 0 Å². The van der Waals surface area contributed by atoms with Crippen molar-refractivity contribution in [3.05, 3.63) is 29.8 Å². The van der Waals surface area contributed by atoms with Crippen molar-refractivity contribution in [1.29, 1.82) is 0 Å². The molecule has 21 heavy (non-hydrogen) atoms. The predicted octanol–water partition coefficient (Wildman–Crippen LogP) is 1.74.